The number of rotatable bonds is 5. The van der Waals surface area contributed by atoms with E-state index in [-0.39, 0.29) is 16.3 Å². The number of nitrogens with one attached hydrogen (secondary N) is 1. The highest BCUT2D eigenvalue weighted by atomic mass is 32.2. The molecule has 0 aliphatic heterocycles. The number of anilines is 1. The van der Waals surface area contributed by atoms with Gasteiger partial charge in [0.2, 0.25) is 0 Å². The van der Waals surface area contributed by atoms with E-state index < -0.39 is 16.0 Å². The number of ether oxygens (including phenoxy) is 1. The molecule has 0 radical (unpaired) electrons. The van der Waals surface area contributed by atoms with Crippen LogP contribution >= 0.6 is 0 Å². The molecule has 0 spiro atoms. The number of methoxy groups -OCH3 is 1. The molecular formula is C15H14N4O5S. The summed E-state index contributed by atoms with van der Waals surface area (Å²) in [7, 11) is -0.889. The van der Waals surface area contributed by atoms with Gasteiger partial charge in [-0.2, -0.15) is 5.10 Å². The van der Waals surface area contributed by atoms with Crippen LogP contribution in [-0.2, 0) is 17.1 Å². The molecule has 0 aliphatic carbocycles. The first-order valence-electron chi connectivity index (χ1n) is 7.04. The minimum atomic E-state index is -4.00. The van der Waals surface area contributed by atoms with Gasteiger partial charge in [-0.05, 0) is 24.3 Å². The standard InChI is InChI=1S/C15H14N4O5S/c1-19-14-9(7-17-19)3-6-12(24-2)13(14)18-25(22,23)10-4-5-11(15(20)21)16-8-10/h3-8,18H,1-2H3,(H,20,21). The second-order valence-corrected chi connectivity index (χ2v) is 6.82. The molecule has 2 aromatic heterocycles. The van der Waals surface area contributed by atoms with E-state index in [9.17, 15) is 13.2 Å². The molecule has 0 bridgehead atoms. The van der Waals surface area contributed by atoms with E-state index in [0.29, 0.717) is 11.3 Å². The SMILES string of the molecule is COc1ccc2cnn(C)c2c1NS(=O)(=O)c1ccc(C(=O)O)nc1. The average Bonchev–Trinajstić information content (AvgIpc) is 2.96. The Kier molecular flexibility index (Phi) is 4.05. The number of aromatic carboxylic acids is 1. The molecule has 0 saturated carbocycles. The molecule has 2 N–H and O–H groups in total. The van der Waals surface area contributed by atoms with Gasteiger partial charge in [0, 0.05) is 18.6 Å². The third kappa shape index (κ3) is 2.98. The van der Waals surface area contributed by atoms with Gasteiger partial charge in [0.25, 0.3) is 10.0 Å². The lowest BCUT2D eigenvalue weighted by Crippen LogP contribution is -2.15. The molecule has 0 saturated heterocycles. The fourth-order valence-corrected chi connectivity index (χ4v) is 3.40. The molecular weight excluding hydrogens is 348 g/mol. The van der Waals surface area contributed by atoms with Crippen LogP contribution in [0.2, 0.25) is 0 Å². The molecule has 1 aromatic carbocycles. The van der Waals surface area contributed by atoms with E-state index in [1.807, 2.05) is 0 Å². The zero-order valence-corrected chi connectivity index (χ0v) is 14.1. The zero-order valence-electron chi connectivity index (χ0n) is 13.3. The number of hydrogen-bond donors (Lipinski definition) is 2. The van der Waals surface area contributed by atoms with Gasteiger partial charge in [-0.3, -0.25) is 9.40 Å². The predicted octanol–water partition coefficient (Wildman–Crippen LogP) is 1.48. The summed E-state index contributed by atoms with van der Waals surface area (Å²) in [5.41, 5.74) is 0.547. The van der Waals surface area contributed by atoms with Gasteiger partial charge in [0.05, 0.1) is 18.8 Å². The van der Waals surface area contributed by atoms with Crippen LogP contribution in [0.4, 0.5) is 5.69 Å². The molecule has 9 nitrogen and oxygen atoms in total. The van der Waals surface area contributed by atoms with Crippen LogP contribution in [0, 0.1) is 0 Å². The van der Waals surface area contributed by atoms with Crippen molar-refractivity contribution < 1.29 is 23.1 Å². The van der Waals surface area contributed by atoms with E-state index in [1.54, 1.807) is 25.4 Å². The fraction of sp³-hybridized carbons (Fsp3) is 0.133. The van der Waals surface area contributed by atoms with Gasteiger partial charge in [-0.25, -0.2) is 18.2 Å². The second kappa shape index (κ2) is 6.06. The van der Waals surface area contributed by atoms with Crippen LogP contribution in [0.15, 0.2) is 41.6 Å². The lowest BCUT2D eigenvalue weighted by molar-refractivity contribution is 0.0690. The van der Waals surface area contributed by atoms with Crippen molar-refractivity contribution >= 4 is 32.6 Å². The Morgan fingerprint density at radius 2 is 2.00 bits per heavy atom. The highest BCUT2D eigenvalue weighted by molar-refractivity contribution is 7.92. The van der Waals surface area contributed by atoms with Gasteiger partial charge in [0.15, 0.2) is 0 Å². The Morgan fingerprint density at radius 1 is 1.24 bits per heavy atom. The number of carbonyl (C=O) groups is 1. The maximum Gasteiger partial charge on any atom is 0.354 e. The number of carboxylic acids is 1. The number of sulfonamides is 1. The van der Waals surface area contributed by atoms with Crippen molar-refractivity contribution in [3.8, 4) is 5.75 Å². The van der Waals surface area contributed by atoms with E-state index in [1.165, 1.54) is 17.9 Å². The van der Waals surface area contributed by atoms with E-state index in [2.05, 4.69) is 14.8 Å². The summed E-state index contributed by atoms with van der Waals surface area (Å²) in [4.78, 5) is 14.3. The first-order chi connectivity index (χ1) is 11.8. The van der Waals surface area contributed by atoms with Crippen LogP contribution in [-0.4, -0.2) is 41.4 Å². The number of fused-ring (bicyclic) bond motifs is 1. The maximum absolute atomic E-state index is 12.6. The number of benzene rings is 1. The molecule has 2 heterocycles. The summed E-state index contributed by atoms with van der Waals surface area (Å²) >= 11 is 0. The number of hydrogen-bond acceptors (Lipinski definition) is 6. The van der Waals surface area contributed by atoms with Crippen molar-refractivity contribution in [1.82, 2.24) is 14.8 Å². The zero-order chi connectivity index (χ0) is 18.2. The Morgan fingerprint density at radius 3 is 2.60 bits per heavy atom. The number of nitrogens with zero attached hydrogens (tertiary/aromatic N) is 3. The van der Waals surface area contributed by atoms with Crippen molar-refractivity contribution in [2.24, 2.45) is 7.05 Å². The van der Waals surface area contributed by atoms with Crippen molar-refractivity contribution in [3.63, 3.8) is 0 Å². The van der Waals surface area contributed by atoms with E-state index in [0.717, 1.165) is 17.6 Å². The van der Waals surface area contributed by atoms with Crippen molar-refractivity contribution in [3.05, 3.63) is 42.4 Å². The first-order valence-corrected chi connectivity index (χ1v) is 8.52. The highest BCUT2D eigenvalue weighted by Gasteiger charge is 2.21. The summed E-state index contributed by atoms with van der Waals surface area (Å²) < 4.78 is 34.5. The van der Waals surface area contributed by atoms with Gasteiger partial charge in [-0.15, -0.1) is 0 Å². The molecule has 3 rings (SSSR count). The average molecular weight is 362 g/mol. The van der Waals surface area contributed by atoms with Gasteiger partial charge >= 0.3 is 5.97 Å². The summed E-state index contributed by atoms with van der Waals surface area (Å²) in [5, 5.41) is 13.7. The Labute approximate surface area is 142 Å². The van der Waals surface area contributed by atoms with Crippen molar-refractivity contribution in [2.75, 3.05) is 11.8 Å². The number of pyridine rings is 1. The summed E-state index contributed by atoms with van der Waals surface area (Å²) in [6.07, 6.45) is 2.59. The van der Waals surface area contributed by atoms with Crippen LogP contribution in [0.25, 0.3) is 10.9 Å². The minimum absolute atomic E-state index is 0.168. The summed E-state index contributed by atoms with van der Waals surface area (Å²) in [6, 6.07) is 5.70. The molecule has 130 valence electrons. The number of carboxylic acid groups (broad SMARTS) is 1. The largest absolute Gasteiger partial charge is 0.494 e. The smallest absolute Gasteiger partial charge is 0.354 e. The molecule has 0 atom stereocenters. The second-order valence-electron chi connectivity index (χ2n) is 5.14. The molecule has 0 fully saturated rings. The Balaban J connectivity index is 2.08. The monoisotopic (exact) mass is 362 g/mol. The normalized spacial score (nSPS) is 11.4. The first kappa shape index (κ1) is 16.7. The highest BCUT2D eigenvalue weighted by Crippen LogP contribution is 2.34. The molecule has 25 heavy (non-hydrogen) atoms. The van der Waals surface area contributed by atoms with Crippen LogP contribution < -0.4 is 9.46 Å². The van der Waals surface area contributed by atoms with Crippen molar-refractivity contribution in [1.29, 1.82) is 0 Å². The molecule has 0 aliphatic rings. The third-order valence-electron chi connectivity index (χ3n) is 3.59. The van der Waals surface area contributed by atoms with Crippen LogP contribution in [0.5, 0.6) is 5.75 Å². The minimum Gasteiger partial charge on any atom is -0.494 e. The molecule has 3 aromatic rings. The maximum atomic E-state index is 12.6. The fourth-order valence-electron chi connectivity index (χ4n) is 2.38. The van der Waals surface area contributed by atoms with Crippen LogP contribution in [0.3, 0.4) is 0 Å². The lowest BCUT2D eigenvalue weighted by Gasteiger charge is -2.13. The Bertz CT molecular complexity index is 1060. The quantitative estimate of drug-likeness (QED) is 0.704. The van der Waals surface area contributed by atoms with Gasteiger partial charge < -0.3 is 9.84 Å². The summed E-state index contributed by atoms with van der Waals surface area (Å²) in [6.45, 7) is 0. The summed E-state index contributed by atoms with van der Waals surface area (Å²) in [5.74, 6) is -0.909. The molecule has 0 unspecified atom stereocenters. The van der Waals surface area contributed by atoms with E-state index >= 15 is 0 Å². The topological polar surface area (TPSA) is 123 Å². The number of aromatic nitrogens is 3. The molecule has 10 heteroatoms. The van der Waals surface area contributed by atoms with Gasteiger partial charge in [-0.1, -0.05) is 0 Å². The Hall–Kier alpha value is -3.14. The predicted molar refractivity (Wildman–Crippen MR) is 89.3 cm³/mol. The van der Waals surface area contributed by atoms with Crippen LogP contribution in [0.1, 0.15) is 10.5 Å². The third-order valence-corrected chi connectivity index (χ3v) is 4.92. The lowest BCUT2D eigenvalue weighted by atomic mass is 10.2. The molecule has 0 amide bonds. The number of aryl methyl sites for hydroxylation is 1. The van der Waals surface area contributed by atoms with E-state index in [4.69, 9.17) is 9.84 Å². The van der Waals surface area contributed by atoms with Crippen molar-refractivity contribution in [2.45, 2.75) is 4.90 Å². The van der Waals surface area contributed by atoms with Gasteiger partial charge in [0.1, 0.15) is 22.0 Å².